The van der Waals surface area contributed by atoms with Crippen LogP contribution in [0.25, 0.3) is 0 Å². The Kier molecular flexibility index (Phi) is 6.10. The second-order valence-electron chi connectivity index (χ2n) is 3.69. The average Bonchev–Trinajstić information content (AvgIpc) is 2.36. The molecule has 17 heavy (non-hydrogen) atoms. The van der Waals surface area contributed by atoms with Crippen molar-refractivity contribution in [3.05, 3.63) is 29.8 Å². The van der Waals surface area contributed by atoms with Gasteiger partial charge < -0.3 is 14.8 Å². The van der Waals surface area contributed by atoms with Gasteiger partial charge in [0.2, 0.25) is 0 Å². The molecule has 1 aromatic rings. The van der Waals surface area contributed by atoms with Crippen LogP contribution >= 0.6 is 0 Å². The lowest BCUT2D eigenvalue weighted by molar-refractivity contribution is 0.223. The predicted molar refractivity (Wildman–Crippen MR) is 69.1 cm³/mol. The molecule has 94 valence electrons. The summed E-state index contributed by atoms with van der Waals surface area (Å²) in [5, 5.41) is 11.4. The summed E-state index contributed by atoms with van der Waals surface area (Å²) < 4.78 is 5.64. The molecule has 1 aromatic carbocycles. The molecule has 0 amide bonds. The van der Waals surface area contributed by atoms with Crippen molar-refractivity contribution in [3.63, 3.8) is 0 Å². The minimum absolute atomic E-state index is 0.668. The van der Waals surface area contributed by atoms with Gasteiger partial charge in [0.05, 0.1) is 6.21 Å². The Bertz CT molecular complexity index is 349. The van der Waals surface area contributed by atoms with Gasteiger partial charge in [-0.15, -0.1) is 0 Å². The Balaban J connectivity index is 2.43. The van der Waals surface area contributed by atoms with Crippen LogP contribution in [0.4, 0.5) is 0 Å². The third kappa shape index (κ3) is 4.87. The van der Waals surface area contributed by atoms with Crippen LogP contribution in [0, 0.1) is 0 Å². The topological polar surface area (TPSA) is 45.1 Å². The Hall–Kier alpha value is -1.55. The molecule has 0 spiro atoms. The van der Waals surface area contributed by atoms with Crippen molar-refractivity contribution in [2.24, 2.45) is 5.16 Å². The molecule has 0 atom stereocenters. The summed E-state index contributed by atoms with van der Waals surface area (Å²) in [6, 6.07) is 7.49. The molecule has 1 N–H and O–H groups in total. The van der Waals surface area contributed by atoms with E-state index in [4.69, 9.17) is 9.94 Å². The number of likely N-dealkylation sites (N-methyl/N-ethyl adjacent to an activating group) is 1. The van der Waals surface area contributed by atoms with Crippen LogP contribution in [-0.2, 0) is 0 Å². The van der Waals surface area contributed by atoms with Gasteiger partial charge in [0.25, 0.3) is 0 Å². The Labute approximate surface area is 103 Å². The highest BCUT2D eigenvalue weighted by Gasteiger charge is 2.00. The molecule has 0 saturated heterocycles. The normalized spacial score (nSPS) is 11.2. The monoisotopic (exact) mass is 236 g/mol. The van der Waals surface area contributed by atoms with Crippen LogP contribution in [-0.4, -0.2) is 42.6 Å². The minimum Gasteiger partial charge on any atom is -0.492 e. The van der Waals surface area contributed by atoms with E-state index in [1.54, 1.807) is 0 Å². The van der Waals surface area contributed by atoms with E-state index in [0.717, 1.165) is 30.9 Å². The SMILES string of the molecule is CCN(CC)CCOc1cccc(/C=N/O)c1. The van der Waals surface area contributed by atoms with Gasteiger partial charge in [-0.3, -0.25) is 0 Å². The van der Waals surface area contributed by atoms with E-state index in [2.05, 4.69) is 23.9 Å². The van der Waals surface area contributed by atoms with Crippen LogP contribution in [0.1, 0.15) is 19.4 Å². The summed E-state index contributed by atoms with van der Waals surface area (Å²) >= 11 is 0. The zero-order valence-electron chi connectivity index (χ0n) is 10.5. The number of nitrogens with zero attached hydrogens (tertiary/aromatic N) is 2. The van der Waals surface area contributed by atoms with Crippen LogP contribution in [0.3, 0.4) is 0 Å². The molecule has 0 heterocycles. The molecule has 0 saturated carbocycles. The van der Waals surface area contributed by atoms with Crippen LogP contribution in [0.15, 0.2) is 29.4 Å². The molecule has 0 aliphatic carbocycles. The number of ether oxygens (including phenoxy) is 1. The molecule has 0 aromatic heterocycles. The minimum atomic E-state index is 0.668. The Morgan fingerprint density at radius 1 is 1.35 bits per heavy atom. The fraction of sp³-hybridized carbons (Fsp3) is 0.462. The fourth-order valence-electron chi connectivity index (χ4n) is 1.58. The van der Waals surface area contributed by atoms with Gasteiger partial charge in [0.1, 0.15) is 12.4 Å². The molecule has 0 aliphatic rings. The number of oxime groups is 1. The van der Waals surface area contributed by atoms with E-state index in [-0.39, 0.29) is 0 Å². The summed E-state index contributed by atoms with van der Waals surface area (Å²) in [7, 11) is 0. The van der Waals surface area contributed by atoms with Crippen LogP contribution in [0.5, 0.6) is 5.75 Å². The lowest BCUT2D eigenvalue weighted by atomic mass is 10.2. The van der Waals surface area contributed by atoms with Crippen molar-refractivity contribution in [1.82, 2.24) is 4.90 Å². The molecular formula is C13H20N2O2. The summed E-state index contributed by atoms with van der Waals surface area (Å²) in [5.41, 5.74) is 0.827. The number of rotatable bonds is 7. The molecule has 0 fully saturated rings. The van der Waals surface area contributed by atoms with Crippen molar-refractivity contribution in [2.75, 3.05) is 26.2 Å². The predicted octanol–water partition coefficient (Wildman–Crippen LogP) is 2.22. The average molecular weight is 236 g/mol. The van der Waals surface area contributed by atoms with E-state index < -0.39 is 0 Å². The van der Waals surface area contributed by atoms with Gasteiger partial charge in [0, 0.05) is 6.54 Å². The summed E-state index contributed by atoms with van der Waals surface area (Å²) in [6.45, 7) is 7.95. The first-order chi connectivity index (χ1) is 8.30. The lowest BCUT2D eigenvalue weighted by Gasteiger charge is -2.18. The maximum Gasteiger partial charge on any atom is 0.120 e. The first-order valence-corrected chi connectivity index (χ1v) is 5.92. The van der Waals surface area contributed by atoms with Gasteiger partial charge in [-0.25, -0.2) is 0 Å². The largest absolute Gasteiger partial charge is 0.492 e. The maximum absolute atomic E-state index is 8.45. The van der Waals surface area contributed by atoms with E-state index in [1.165, 1.54) is 6.21 Å². The third-order valence-electron chi connectivity index (χ3n) is 2.64. The van der Waals surface area contributed by atoms with Crippen molar-refractivity contribution >= 4 is 6.21 Å². The zero-order chi connectivity index (χ0) is 12.5. The van der Waals surface area contributed by atoms with E-state index >= 15 is 0 Å². The van der Waals surface area contributed by atoms with Gasteiger partial charge >= 0.3 is 0 Å². The lowest BCUT2D eigenvalue weighted by Crippen LogP contribution is -2.27. The van der Waals surface area contributed by atoms with E-state index in [1.807, 2.05) is 24.3 Å². The summed E-state index contributed by atoms with van der Waals surface area (Å²) in [5.74, 6) is 0.801. The smallest absolute Gasteiger partial charge is 0.120 e. The van der Waals surface area contributed by atoms with Crippen LogP contribution in [0.2, 0.25) is 0 Å². The molecule has 0 bridgehead atoms. The quantitative estimate of drug-likeness (QED) is 0.448. The first-order valence-electron chi connectivity index (χ1n) is 5.92. The Morgan fingerprint density at radius 2 is 2.12 bits per heavy atom. The van der Waals surface area contributed by atoms with Gasteiger partial charge in [0.15, 0.2) is 0 Å². The van der Waals surface area contributed by atoms with Gasteiger partial charge in [-0.2, -0.15) is 0 Å². The molecule has 0 unspecified atom stereocenters. The number of hydrogen-bond donors (Lipinski definition) is 1. The molecule has 0 radical (unpaired) electrons. The molecular weight excluding hydrogens is 216 g/mol. The Morgan fingerprint density at radius 3 is 2.76 bits per heavy atom. The first kappa shape index (κ1) is 13.5. The van der Waals surface area contributed by atoms with Crippen molar-refractivity contribution in [3.8, 4) is 5.75 Å². The summed E-state index contributed by atoms with van der Waals surface area (Å²) in [6.07, 6.45) is 1.39. The third-order valence-corrected chi connectivity index (χ3v) is 2.64. The molecule has 1 rings (SSSR count). The highest BCUT2D eigenvalue weighted by molar-refractivity contribution is 5.79. The molecule has 4 heteroatoms. The van der Waals surface area contributed by atoms with E-state index in [9.17, 15) is 0 Å². The summed E-state index contributed by atoms with van der Waals surface area (Å²) in [4.78, 5) is 2.30. The highest BCUT2D eigenvalue weighted by Crippen LogP contribution is 2.11. The van der Waals surface area contributed by atoms with Gasteiger partial charge in [-0.1, -0.05) is 31.1 Å². The van der Waals surface area contributed by atoms with Crippen molar-refractivity contribution in [1.29, 1.82) is 0 Å². The maximum atomic E-state index is 8.45. The standard InChI is InChI=1S/C13H20N2O2/c1-3-15(4-2)8-9-17-13-7-5-6-12(10-13)11-14-16/h5-7,10-11,16H,3-4,8-9H2,1-2H3/b14-11+. The fourth-order valence-corrected chi connectivity index (χ4v) is 1.58. The molecule has 4 nitrogen and oxygen atoms in total. The van der Waals surface area contributed by atoms with Crippen molar-refractivity contribution in [2.45, 2.75) is 13.8 Å². The van der Waals surface area contributed by atoms with E-state index in [0.29, 0.717) is 6.61 Å². The number of benzene rings is 1. The number of hydrogen-bond acceptors (Lipinski definition) is 4. The zero-order valence-corrected chi connectivity index (χ0v) is 10.5. The van der Waals surface area contributed by atoms with Gasteiger partial charge in [-0.05, 0) is 30.8 Å². The second-order valence-corrected chi connectivity index (χ2v) is 3.69. The molecule has 0 aliphatic heterocycles. The van der Waals surface area contributed by atoms with Crippen molar-refractivity contribution < 1.29 is 9.94 Å². The van der Waals surface area contributed by atoms with Crippen LogP contribution < -0.4 is 4.74 Å². The second kappa shape index (κ2) is 7.68. The highest BCUT2D eigenvalue weighted by atomic mass is 16.5.